The number of hydrogen-bond acceptors (Lipinski definition) is 5. The zero-order valence-corrected chi connectivity index (χ0v) is 22.1. The van der Waals surface area contributed by atoms with Crippen LogP contribution in [0.1, 0.15) is 40.3 Å². The average molecular weight is 530 g/mol. The van der Waals surface area contributed by atoms with E-state index < -0.39 is 10.0 Å². The van der Waals surface area contributed by atoms with Crippen molar-refractivity contribution < 1.29 is 17.9 Å². The van der Waals surface area contributed by atoms with Crippen LogP contribution in [0.5, 0.6) is 0 Å². The number of aromatic amines is 1. The first kappa shape index (κ1) is 25.9. The second-order valence-corrected chi connectivity index (χ2v) is 11.2. The first-order valence-electron chi connectivity index (χ1n) is 12.6. The van der Waals surface area contributed by atoms with Gasteiger partial charge in [0.15, 0.2) is 0 Å². The van der Waals surface area contributed by atoms with Gasteiger partial charge in [-0.25, -0.2) is 18.4 Å². The van der Waals surface area contributed by atoms with Crippen molar-refractivity contribution in [3.05, 3.63) is 107 Å². The number of carbonyl (C=O) groups excluding carboxylic acids is 1. The normalized spacial score (nSPS) is 15.4. The molecule has 1 atom stereocenters. The maximum Gasteiger partial charge on any atom is 0.330 e. The van der Waals surface area contributed by atoms with Crippen LogP contribution >= 0.6 is 0 Å². The number of aromatic nitrogens is 1. The molecule has 0 saturated carbocycles. The third-order valence-corrected chi connectivity index (χ3v) is 8.18. The Hall–Kier alpha value is -3.72. The number of nitrogens with zero attached hydrogens (tertiary/aromatic N) is 1. The monoisotopic (exact) mass is 529 g/mol. The van der Waals surface area contributed by atoms with Gasteiger partial charge in [0.05, 0.1) is 12.0 Å². The van der Waals surface area contributed by atoms with Gasteiger partial charge in [-0.05, 0) is 71.4 Å². The number of nitrogens with one attached hydrogen (secondary N) is 1. The van der Waals surface area contributed by atoms with Crippen LogP contribution < -0.4 is 5.14 Å². The Balaban J connectivity index is 1.41. The van der Waals surface area contributed by atoms with Gasteiger partial charge in [0.1, 0.15) is 0 Å². The molecule has 0 amide bonds. The standard InChI is InChI=1S/C30H31N3O4S/c1-37-30(34)15-9-21-8-13-27-23(18-21)10-14-29(27)33(20-22-6-11-25(12-7-22)38(31,35)36)17-16-24-19-32-28-5-3-2-4-26(24)28/h2-9,11-13,15,18-19,29,32H,10,14,16-17,20H2,1H3,(H2,31,35,36). The number of benzene rings is 3. The second-order valence-electron chi connectivity index (χ2n) is 9.64. The number of rotatable bonds is 9. The fourth-order valence-electron chi connectivity index (χ4n) is 5.30. The van der Waals surface area contributed by atoms with E-state index in [1.165, 1.54) is 35.3 Å². The molecule has 4 aromatic rings. The molecule has 0 saturated heterocycles. The molecular formula is C30H31N3O4S. The zero-order chi connectivity index (χ0) is 26.7. The first-order chi connectivity index (χ1) is 18.3. The van der Waals surface area contributed by atoms with Crippen molar-refractivity contribution in [1.29, 1.82) is 0 Å². The average Bonchev–Trinajstić information content (AvgIpc) is 3.53. The molecule has 7 nitrogen and oxygen atoms in total. The number of H-pyrrole nitrogens is 1. The fourth-order valence-corrected chi connectivity index (χ4v) is 5.81. The number of para-hydroxylation sites is 1. The zero-order valence-electron chi connectivity index (χ0n) is 21.3. The quantitative estimate of drug-likeness (QED) is 0.241. The molecule has 1 heterocycles. The van der Waals surface area contributed by atoms with Crippen molar-refractivity contribution in [1.82, 2.24) is 9.88 Å². The van der Waals surface area contributed by atoms with Crippen LogP contribution in [0.25, 0.3) is 17.0 Å². The molecule has 38 heavy (non-hydrogen) atoms. The summed E-state index contributed by atoms with van der Waals surface area (Å²) in [6.07, 6.45) is 8.13. The van der Waals surface area contributed by atoms with E-state index in [-0.39, 0.29) is 16.9 Å². The summed E-state index contributed by atoms with van der Waals surface area (Å²) in [5.41, 5.74) is 6.98. The van der Waals surface area contributed by atoms with Gasteiger partial charge < -0.3 is 9.72 Å². The van der Waals surface area contributed by atoms with Crippen molar-refractivity contribution in [2.75, 3.05) is 13.7 Å². The molecule has 0 aliphatic heterocycles. The van der Waals surface area contributed by atoms with E-state index >= 15 is 0 Å². The third kappa shape index (κ3) is 5.72. The van der Waals surface area contributed by atoms with Crippen LogP contribution in [-0.2, 0) is 38.9 Å². The Morgan fingerprint density at radius 2 is 1.92 bits per heavy atom. The summed E-state index contributed by atoms with van der Waals surface area (Å²) in [6, 6.07) is 21.7. The van der Waals surface area contributed by atoms with Gasteiger partial charge in [-0.2, -0.15) is 0 Å². The van der Waals surface area contributed by atoms with Gasteiger partial charge in [-0.15, -0.1) is 0 Å². The Labute approximate surface area is 223 Å². The molecule has 8 heteroatoms. The Morgan fingerprint density at radius 3 is 2.68 bits per heavy atom. The molecule has 196 valence electrons. The maximum absolute atomic E-state index is 11.7. The third-order valence-electron chi connectivity index (χ3n) is 7.25. The molecule has 0 bridgehead atoms. The van der Waals surface area contributed by atoms with E-state index in [0.717, 1.165) is 42.5 Å². The number of primary sulfonamides is 1. The highest BCUT2D eigenvalue weighted by Crippen LogP contribution is 2.37. The van der Waals surface area contributed by atoms with Gasteiger partial charge in [0.2, 0.25) is 10.0 Å². The Morgan fingerprint density at radius 1 is 1.13 bits per heavy atom. The van der Waals surface area contributed by atoms with E-state index in [1.807, 2.05) is 24.3 Å². The first-order valence-corrected chi connectivity index (χ1v) is 14.2. The van der Waals surface area contributed by atoms with Crippen molar-refractivity contribution in [3.63, 3.8) is 0 Å². The van der Waals surface area contributed by atoms with E-state index in [1.54, 1.807) is 18.2 Å². The molecule has 3 aromatic carbocycles. The van der Waals surface area contributed by atoms with Crippen LogP contribution in [0.15, 0.2) is 83.9 Å². The minimum absolute atomic E-state index is 0.116. The summed E-state index contributed by atoms with van der Waals surface area (Å²) in [7, 11) is -2.36. The number of aryl methyl sites for hydroxylation is 1. The molecular weight excluding hydrogens is 498 g/mol. The number of sulfonamides is 1. The van der Waals surface area contributed by atoms with E-state index in [9.17, 15) is 13.2 Å². The summed E-state index contributed by atoms with van der Waals surface area (Å²) in [6.45, 7) is 1.52. The molecule has 3 N–H and O–H groups in total. The number of hydrogen-bond donors (Lipinski definition) is 2. The van der Waals surface area contributed by atoms with Crippen LogP contribution in [0.4, 0.5) is 0 Å². The maximum atomic E-state index is 11.7. The minimum atomic E-state index is -3.73. The molecule has 5 rings (SSSR count). The number of nitrogens with two attached hydrogens (primary N) is 1. The van der Waals surface area contributed by atoms with Gasteiger partial charge in [0.25, 0.3) is 0 Å². The summed E-state index contributed by atoms with van der Waals surface area (Å²) >= 11 is 0. The SMILES string of the molecule is COC(=O)C=Cc1ccc2c(c1)CCC2N(CCc1c[nH]c2ccccc12)Cc1ccc(S(N)(=O)=O)cc1. The van der Waals surface area contributed by atoms with E-state index in [4.69, 9.17) is 9.88 Å². The lowest BCUT2D eigenvalue weighted by molar-refractivity contribution is -0.134. The van der Waals surface area contributed by atoms with Crippen molar-refractivity contribution >= 4 is 33.0 Å². The van der Waals surface area contributed by atoms with Crippen LogP contribution in [0, 0.1) is 0 Å². The second kappa shape index (κ2) is 10.9. The molecule has 1 unspecified atom stereocenters. The van der Waals surface area contributed by atoms with Gasteiger partial charge in [-0.1, -0.05) is 48.5 Å². The largest absolute Gasteiger partial charge is 0.466 e. The molecule has 0 radical (unpaired) electrons. The van der Waals surface area contributed by atoms with Gasteiger partial charge >= 0.3 is 5.97 Å². The summed E-state index contributed by atoms with van der Waals surface area (Å²) in [5.74, 6) is -0.375. The van der Waals surface area contributed by atoms with Gasteiger partial charge in [0, 0.05) is 42.3 Å². The Kier molecular flexibility index (Phi) is 7.46. The van der Waals surface area contributed by atoms with Crippen molar-refractivity contribution in [3.8, 4) is 0 Å². The number of esters is 1. The molecule has 1 aromatic heterocycles. The number of ether oxygens (including phenoxy) is 1. The highest BCUT2D eigenvalue weighted by molar-refractivity contribution is 7.89. The minimum Gasteiger partial charge on any atom is -0.466 e. The lowest BCUT2D eigenvalue weighted by atomic mass is 10.0. The van der Waals surface area contributed by atoms with Crippen LogP contribution in [0.3, 0.4) is 0 Å². The highest BCUT2D eigenvalue weighted by atomic mass is 32.2. The summed E-state index contributed by atoms with van der Waals surface area (Å²) in [5, 5.41) is 6.53. The van der Waals surface area contributed by atoms with E-state index in [0.29, 0.717) is 6.54 Å². The molecule has 0 fully saturated rings. The van der Waals surface area contributed by atoms with Crippen LogP contribution in [0.2, 0.25) is 0 Å². The molecule has 1 aliphatic carbocycles. The Bertz CT molecular complexity index is 1590. The van der Waals surface area contributed by atoms with E-state index in [2.05, 4.69) is 46.4 Å². The lowest BCUT2D eigenvalue weighted by Crippen LogP contribution is -2.29. The summed E-state index contributed by atoms with van der Waals surface area (Å²) < 4.78 is 28.1. The lowest BCUT2D eigenvalue weighted by Gasteiger charge is -2.30. The molecule has 1 aliphatic rings. The number of fused-ring (bicyclic) bond motifs is 2. The highest BCUT2D eigenvalue weighted by Gasteiger charge is 2.28. The predicted molar refractivity (Wildman–Crippen MR) is 149 cm³/mol. The van der Waals surface area contributed by atoms with Crippen molar-refractivity contribution in [2.24, 2.45) is 5.14 Å². The smallest absolute Gasteiger partial charge is 0.330 e. The fraction of sp³-hybridized carbons (Fsp3) is 0.233. The predicted octanol–water partition coefficient (Wildman–Crippen LogP) is 4.73. The number of methoxy groups -OCH3 is 1. The van der Waals surface area contributed by atoms with Crippen LogP contribution in [-0.4, -0.2) is 37.9 Å². The molecule has 0 spiro atoms. The van der Waals surface area contributed by atoms with Gasteiger partial charge in [-0.3, -0.25) is 4.90 Å². The van der Waals surface area contributed by atoms with Crippen molar-refractivity contribution in [2.45, 2.75) is 36.7 Å². The topological polar surface area (TPSA) is 105 Å². The summed E-state index contributed by atoms with van der Waals surface area (Å²) in [4.78, 5) is 17.5. The number of carbonyl (C=O) groups is 1.